The zero-order valence-corrected chi connectivity index (χ0v) is 17.9. The van der Waals surface area contributed by atoms with Gasteiger partial charge in [0.2, 0.25) is 11.8 Å². The first kappa shape index (κ1) is 22.3. The number of nitrogens with two attached hydrogens (primary N) is 1. The predicted molar refractivity (Wildman–Crippen MR) is 117 cm³/mol. The second-order valence-electron chi connectivity index (χ2n) is 7.93. The van der Waals surface area contributed by atoms with Crippen LogP contribution in [-0.2, 0) is 33.9 Å². The normalized spacial score (nSPS) is 17.2. The minimum absolute atomic E-state index is 0.114. The summed E-state index contributed by atoms with van der Waals surface area (Å²) in [5, 5.41) is 2.76. The quantitative estimate of drug-likeness (QED) is 0.715. The molecule has 7 nitrogen and oxygen atoms in total. The molecule has 2 aromatic rings. The van der Waals surface area contributed by atoms with Crippen LogP contribution in [0.1, 0.15) is 37.0 Å². The van der Waals surface area contributed by atoms with Gasteiger partial charge < -0.3 is 15.8 Å². The Bertz CT molecular complexity index is 931. The highest BCUT2D eigenvalue weighted by Gasteiger charge is 2.37. The first-order valence-corrected chi connectivity index (χ1v) is 10.5. The molecule has 0 saturated carbocycles. The van der Waals surface area contributed by atoms with Crippen LogP contribution in [0.3, 0.4) is 0 Å². The number of rotatable bonds is 7. The zero-order valence-electron chi connectivity index (χ0n) is 17.9. The topological polar surface area (TPSA) is 102 Å². The van der Waals surface area contributed by atoms with Gasteiger partial charge in [0.15, 0.2) is 0 Å². The molecule has 0 aliphatic carbocycles. The minimum atomic E-state index is -0.795. The Hall–Kier alpha value is -3.35. The Morgan fingerprint density at radius 3 is 2.39 bits per heavy atom. The highest BCUT2D eigenvalue weighted by Crippen LogP contribution is 2.25. The Morgan fingerprint density at radius 2 is 1.74 bits per heavy atom. The monoisotopic (exact) mass is 423 g/mol. The number of fused-ring (bicyclic) bond motifs is 1. The summed E-state index contributed by atoms with van der Waals surface area (Å²) in [6.45, 7) is 4.16. The standard InChI is InChI=1S/C24H29N3O4/c1-3-16(2)21(22(25)28)26-23(29)20-13-18-11-7-8-12-19(18)14-27(20)24(30)31-15-17-9-5-4-6-10-17/h4-12,16,20-21H,3,13-15H2,1-2H3,(H2,25,28)(H,26,29)/t16-,20-,21+/m0/s1. The highest BCUT2D eigenvalue weighted by molar-refractivity contribution is 5.91. The summed E-state index contributed by atoms with van der Waals surface area (Å²) >= 11 is 0. The molecule has 1 aliphatic heterocycles. The summed E-state index contributed by atoms with van der Waals surface area (Å²) in [4.78, 5) is 39.4. The number of primary amides is 1. The van der Waals surface area contributed by atoms with Gasteiger partial charge in [-0.2, -0.15) is 0 Å². The molecule has 3 amide bonds. The molecule has 1 heterocycles. The van der Waals surface area contributed by atoms with Gasteiger partial charge >= 0.3 is 6.09 Å². The molecule has 3 rings (SSSR count). The van der Waals surface area contributed by atoms with Gasteiger partial charge in [0.25, 0.3) is 0 Å². The molecule has 164 valence electrons. The van der Waals surface area contributed by atoms with E-state index < -0.39 is 30.0 Å². The molecule has 0 bridgehead atoms. The number of nitrogens with one attached hydrogen (secondary N) is 1. The van der Waals surface area contributed by atoms with Crippen LogP contribution in [0.2, 0.25) is 0 Å². The van der Waals surface area contributed by atoms with Crippen molar-refractivity contribution in [3.63, 3.8) is 0 Å². The van der Waals surface area contributed by atoms with E-state index in [2.05, 4.69) is 5.32 Å². The van der Waals surface area contributed by atoms with Crippen LogP contribution in [0, 0.1) is 5.92 Å². The lowest BCUT2D eigenvalue weighted by Gasteiger charge is -2.36. The largest absolute Gasteiger partial charge is 0.445 e. The number of amides is 3. The number of carbonyl (C=O) groups excluding carboxylic acids is 3. The third kappa shape index (κ3) is 5.42. The lowest BCUT2D eigenvalue weighted by atomic mass is 9.92. The van der Waals surface area contributed by atoms with E-state index in [1.807, 2.05) is 68.4 Å². The molecular formula is C24H29N3O4. The van der Waals surface area contributed by atoms with Crippen LogP contribution in [0.5, 0.6) is 0 Å². The smallest absolute Gasteiger partial charge is 0.411 e. The summed E-state index contributed by atoms with van der Waals surface area (Å²) in [6.07, 6.45) is 0.455. The maximum atomic E-state index is 13.2. The number of carbonyl (C=O) groups is 3. The molecule has 0 radical (unpaired) electrons. The second-order valence-corrected chi connectivity index (χ2v) is 7.93. The highest BCUT2D eigenvalue weighted by atomic mass is 16.6. The van der Waals surface area contributed by atoms with E-state index in [1.54, 1.807) is 0 Å². The van der Waals surface area contributed by atoms with E-state index in [0.717, 1.165) is 16.7 Å². The molecule has 31 heavy (non-hydrogen) atoms. The van der Waals surface area contributed by atoms with E-state index in [1.165, 1.54) is 4.90 Å². The summed E-state index contributed by atoms with van der Waals surface area (Å²) in [5.74, 6) is -1.11. The van der Waals surface area contributed by atoms with Crippen molar-refractivity contribution in [2.75, 3.05) is 0 Å². The van der Waals surface area contributed by atoms with E-state index in [4.69, 9.17) is 10.5 Å². The number of hydrogen-bond acceptors (Lipinski definition) is 4. The fourth-order valence-corrected chi connectivity index (χ4v) is 3.73. The number of benzene rings is 2. The fourth-order valence-electron chi connectivity index (χ4n) is 3.73. The third-order valence-electron chi connectivity index (χ3n) is 5.81. The van der Waals surface area contributed by atoms with Gasteiger partial charge in [-0.3, -0.25) is 14.5 Å². The predicted octanol–water partition coefficient (Wildman–Crippen LogP) is 2.77. The molecule has 2 aromatic carbocycles. The first-order valence-electron chi connectivity index (χ1n) is 10.5. The molecule has 0 fully saturated rings. The summed E-state index contributed by atoms with van der Waals surface area (Å²) in [6, 6.07) is 15.5. The number of hydrogen-bond donors (Lipinski definition) is 2. The lowest BCUT2D eigenvalue weighted by Crippen LogP contribution is -2.57. The number of ether oxygens (including phenoxy) is 1. The SMILES string of the molecule is CC[C@H](C)[C@@H](NC(=O)[C@@H]1Cc2ccccc2CN1C(=O)OCc1ccccc1)C(N)=O. The van der Waals surface area contributed by atoms with Gasteiger partial charge in [-0.25, -0.2) is 4.79 Å². The Labute approximate surface area is 182 Å². The van der Waals surface area contributed by atoms with Gasteiger partial charge in [-0.1, -0.05) is 74.9 Å². The lowest BCUT2D eigenvalue weighted by molar-refractivity contribution is -0.132. The zero-order chi connectivity index (χ0) is 22.4. The van der Waals surface area contributed by atoms with Crippen molar-refractivity contribution in [2.45, 2.75) is 51.9 Å². The van der Waals surface area contributed by atoms with Gasteiger partial charge in [0.05, 0.1) is 6.54 Å². The Balaban J connectivity index is 1.79. The first-order chi connectivity index (χ1) is 14.9. The average Bonchev–Trinajstić information content (AvgIpc) is 2.79. The molecule has 0 unspecified atom stereocenters. The van der Waals surface area contributed by atoms with Crippen molar-refractivity contribution < 1.29 is 19.1 Å². The second kappa shape index (κ2) is 10.1. The van der Waals surface area contributed by atoms with Crippen molar-refractivity contribution in [3.05, 3.63) is 71.3 Å². The Morgan fingerprint density at radius 1 is 1.10 bits per heavy atom. The summed E-state index contributed by atoms with van der Waals surface area (Å²) in [5.41, 5.74) is 8.34. The molecule has 3 atom stereocenters. The van der Waals surface area contributed by atoms with Gasteiger partial charge in [-0.15, -0.1) is 0 Å². The summed E-state index contributed by atoms with van der Waals surface area (Å²) in [7, 11) is 0. The van der Waals surface area contributed by atoms with Gasteiger partial charge in [0, 0.05) is 6.42 Å². The van der Waals surface area contributed by atoms with Crippen LogP contribution >= 0.6 is 0 Å². The maximum Gasteiger partial charge on any atom is 0.411 e. The van der Waals surface area contributed by atoms with Crippen molar-refractivity contribution >= 4 is 17.9 Å². The van der Waals surface area contributed by atoms with Crippen molar-refractivity contribution in [1.29, 1.82) is 0 Å². The van der Waals surface area contributed by atoms with Gasteiger partial charge in [-0.05, 0) is 22.6 Å². The van der Waals surface area contributed by atoms with E-state index >= 15 is 0 Å². The third-order valence-corrected chi connectivity index (χ3v) is 5.81. The Kier molecular flexibility index (Phi) is 7.28. The summed E-state index contributed by atoms with van der Waals surface area (Å²) < 4.78 is 5.50. The van der Waals surface area contributed by atoms with E-state index in [0.29, 0.717) is 12.8 Å². The van der Waals surface area contributed by atoms with Crippen molar-refractivity contribution in [2.24, 2.45) is 11.7 Å². The molecule has 0 spiro atoms. The molecule has 1 aliphatic rings. The van der Waals surface area contributed by atoms with Crippen LogP contribution in [0.15, 0.2) is 54.6 Å². The van der Waals surface area contributed by atoms with Gasteiger partial charge in [0.1, 0.15) is 18.7 Å². The van der Waals surface area contributed by atoms with E-state index in [9.17, 15) is 14.4 Å². The molecule has 3 N–H and O–H groups in total. The molecule has 7 heteroatoms. The number of nitrogens with zero attached hydrogens (tertiary/aromatic N) is 1. The minimum Gasteiger partial charge on any atom is -0.445 e. The fraction of sp³-hybridized carbons (Fsp3) is 0.375. The van der Waals surface area contributed by atoms with Crippen LogP contribution in [0.25, 0.3) is 0 Å². The maximum absolute atomic E-state index is 13.2. The molecular weight excluding hydrogens is 394 g/mol. The van der Waals surface area contributed by atoms with E-state index in [-0.39, 0.29) is 19.1 Å². The average molecular weight is 424 g/mol. The van der Waals surface area contributed by atoms with Crippen LogP contribution in [-0.4, -0.2) is 34.9 Å². The molecule has 0 aromatic heterocycles. The molecule has 0 saturated heterocycles. The van der Waals surface area contributed by atoms with Crippen LogP contribution < -0.4 is 11.1 Å². The van der Waals surface area contributed by atoms with Crippen molar-refractivity contribution in [1.82, 2.24) is 10.2 Å². The van der Waals surface area contributed by atoms with Crippen LogP contribution in [0.4, 0.5) is 4.79 Å². The van der Waals surface area contributed by atoms with Crippen molar-refractivity contribution in [3.8, 4) is 0 Å².